The van der Waals surface area contributed by atoms with Gasteiger partial charge in [0, 0.05) is 13.1 Å². The molecule has 1 amide bonds. The Morgan fingerprint density at radius 1 is 1.35 bits per heavy atom. The Morgan fingerprint density at radius 2 is 2.15 bits per heavy atom. The SMILES string of the molecule is Cc1nc(C)c(C(=O)N2CCCNc3ccccc32)s1. The molecule has 2 heterocycles. The quantitative estimate of drug-likeness (QED) is 0.876. The van der Waals surface area contributed by atoms with Crippen molar-refractivity contribution in [3.63, 3.8) is 0 Å². The number of rotatable bonds is 1. The molecule has 1 aliphatic rings. The summed E-state index contributed by atoms with van der Waals surface area (Å²) in [4.78, 5) is 19.8. The van der Waals surface area contributed by atoms with Gasteiger partial charge in [-0.2, -0.15) is 0 Å². The molecule has 0 fully saturated rings. The summed E-state index contributed by atoms with van der Waals surface area (Å²) in [5.41, 5.74) is 2.81. The Labute approximate surface area is 122 Å². The number of carbonyl (C=O) groups excluding carboxylic acids is 1. The van der Waals surface area contributed by atoms with E-state index in [1.54, 1.807) is 0 Å². The Morgan fingerprint density at radius 3 is 2.90 bits per heavy atom. The smallest absolute Gasteiger partial charge is 0.270 e. The van der Waals surface area contributed by atoms with Crippen LogP contribution in [0.1, 0.15) is 26.8 Å². The van der Waals surface area contributed by atoms with Crippen LogP contribution in [-0.2, 0) is 0 Å². The molecule has 0 radical (unpaired) electrons. The molecule has 0 saturated carbocycles. The van der Waals surface area contributed by atoms with Crippen LogP contribution in [0.3, 0.4) is 0 Å². The minimum atomic E-state index is 0.0595. The van der Waals surface area contributed by atoms with Crippen molar-refractivity contribution in [1.82, 2.24) is 4.98 Å². The molecule has 20 heavy (non-hydrogen) atoms. The Bertz CT molecular complexity index is 650. The first-order chi connectivity index (χ1) is 9.66. The topological polar surface area (TPSA) is 45.2 Å². The maximum atomic E-state index is 12.8. The van der Waals surface area contributed by atoms with Gasteiger partial charge in [-0.1, -0.05) is 12.1 Å². The van der Waals surface area contributed by atoms with Crippen molar-refractivity contribution in [2.45, 2.75) is 20.3 Å². The minimum Gasteiger partial charge on any atom is -0.383 e. The van der Waals surface area contributed by atoms with Gasteiger partial charge >= 0.3 is 0 Å². The molecule has 104 valence electrons. The van der Waals surface area contributed by atoms with Gasteiger partial charge < -0.3 is 10.2 Å². The molecule has 3 rings (SSSR count). The second-order valence-electron chi connectivity index (χ2n) is 4.90. The van der Waals surface area contributed by atoms with Crippen molar-refractivity contribution in [2.75, 3.05) is 23.3 Å². The van der Waals surface area contributed by atoms with Crippen molar-refractivity contribution in [3.8, 4) is 0 Å². The number of benzene rings is 1. The fourth-order valence-corrected chi connectivity index (χ4v) is 3.37. The summed E-state index contributed by atoms with van der Waals surface area (Å²) < 4.78 is 0. The van der Waals surface area contributed by atoms with Crippen LogP contribution in [0, 0.1) is 13.8 Å². The van der Waals surface area contributed by atoms with Crippen LogP contribution in [0.25, 0.3) is 0 Å². The second kappa shape index (κ2) is 5.25. The van der Waals surface area contributed by atoms with Gasteiger partial charge in [0.15, 0.2) is 0 Å². The van der Waals surface area contributed by atoms with Crippen molar-refractivity contribution >= 4 is 28.6 Å². The summed E-state index contributed by atoms with van der Waals surface area (Å²) in [5.74, 6) is 0.0595. The maximum Gasteiger partial charge on any atom is 0.270 e. The van der Waals surface area contributed by atoms with E-state index in [0.29, 0.717) is 0 Å². The van der Waals surface area contributed by atoms with E-state index in [1.165, 1.54) is 11.3 Å². The Hall–Kier alpha value is -1.88. The summed E-state index contributed by atoms with van der Waals surface area (Å²) in [6, 6.07) is 7.97. The molecular weight excluding hydrogens is 270 g/mol. The third-order valence-corrected chi connectivity index (χ3v) is 4.47. The lowest BCUT2D eigenvalue weighted by Crippen LogP contribution is -2.31. The van der Waals surface area contributed by atoms with Crippen molar-refractivity contribution in [2.24, 2.45) is 0 Å². The first-order valence-corrected chi connectivity index (χ1v) is 7.57. The zero-order chi connectivity index (χ0) is 14.1. The first-order valence-electron chi connectivity index (χ1n) is 6.75. The molecule has 2 aromatic rings. The highest BCUT2D eigenvalue weighted by atomic mass is 32.1. The standard InChI is InChI=1S/C15H17N3OS/c1-10-14(20-11(2)17-10)15(19)18-9-5-8-16-12-6-3-4-7-13(12)18/h3-4,6-7,16H,5,8-9H2,1-2H3. The van der Waals surface area contributed by atoms with Crippen molar-refractivity contribution in [3.05, 3.63) is 39.8 Å². The molecule has 1 aromatic heterocycles. The molecule has 1 N–H and O–H groups in total. The van der Waals surface area contributed by atoms with Gasteiger partial charge in [0.05, 0.1) is 22.1 Å². The molecule has 0 bridgehead atoms. The molecule has 0 spiro atoms. The van der Waals surface area contributed by atoms with Crippen LogP contribution in [0.2, 0.25) is 0 Å². The van der Waals surface area contributed by atoms with Crippen LogP contribution in [0.5, 0.6) is 0 Å². The number of nitrogens with zero attached hydrogens (tertiary/aromatic N) is 2. The number of fused-ring (bicyclic) bond motifs is 1. The molecule has 0 saturated heterocycles. The number of aryl methyl sites for hydroxylation is 2. The van der Waals surface area contributed by atoms with Gasteiger partial charge in [-0.15, -0.1) is 11.3 Å². The number of hydrogen-bond acceptors (Lipinski definition) is 4. The van der Waals surface area contributed by atoms with E-state index in [2.05, 4.69) is 10.3 Å². The van der Waals surface area contributed by atoms with Gasteiger partial charge in [-0.3, -0.25) is 4.79 Å². The van der Waals surface area contributed by atoms with Crippen LogP contribution in [-0.4, -0.2) is 24.0 Å². The minimum absolute atomic E-state index is 0.0595. The van der Waals surface area contributed by atoms with E-state index in [0.717, 1.165) is 46.5 Å². The van der Waals surface area contributed by atoms with Gasteiger partial charge in [-0.05, 0) is 32.4 Å². The largest absolute Gasteiger partial charge is 0.383 e. The van der Waals surface area contributed by atoms with Gasteiger partial charge in [0.1, 0.15) is 4.88 Å². The number of hydrogen-bond donors (Lipinski definition) is 1. The summed E-state index contributed by atoms with van der Waals surface area (Å²) in [6.07, 6.45) is 0.942. The maximum absolute atomic E-state index is 12.8. The molecule has 1 aromatic carbocycles. The number of amides is 1. The lowest BCUT2D eigenvalue weighted by molar-refractivity contribution is 0.0990. The zero-order valence-electron chi connectivity index (χ0n) is 11.6. The highest BCUT2D eigenvalue weighted by Crippen LogP contribution is 2.30. The van der Waals surface area contributed by atoms with Crippen LogP contribution >= 0.6 is 11.3 Å². The summed E-state index contributed by atoms with van der Waals surface area (Å²) in [5, 5.41) is 4.31. The molecule has 1 aliphatic heterocycles. The number of aromatic nitrogens is 1. The van der Waals surface area contributed by atoms with E-state index in [1.807, 2.05) is 43.0 Å². The molecule has 0 unspecified atom stereocenters. The van der Waals surface area contributed by atoms with Crippen molar-refractivity contribution in [1.29, 1.82) is 0 Å². The summed E-state index contributed by atoms with van der Waals surface area (Å²) in [7, 11) is 0. The highest BCUT2D eigenvalue weighted by molar-refractivity contribution is 7.13. The number of anilines is 2. The molecule has 0 aliphatic carbocycles. The average molecular weight is 287 g/mol. The van der Waals surface area contributed by atoms with Gasteiger partial charge in [-0.25, -0.2) is 4.98 Å². The third kappa shape index (κ3) is 2.29. The number of para-hydroxylation sites is 2. The monoisotopic (exact) mass is 287 g/mol. The Balaban J connectivity index is 2.01. The molecule has 5 heteroatoms. The first kappa shape index (κ1) is 13.1. The van der Waals surface area contributed by atoms with Crippen LogP contribution in [0.15, 0.2) is 24.3 Å². The molecular formula is C15H17N3OS. The average Bonchev–Trinajstić information content (AvgIpc) is 2.66. The summed E-state index contributed by atoms with van der Waals surface area (Å²) in [6.45, 7) is 5.46. The zero-order valence-corrected chi connectivity index (χ0v) is 12.5. The van der Waals surface area contributed by atoms with E-state index >= 15 is 0 Å². The van der Waals surface area contributed by atoms with E-state index < -0.39 is 0 Å². The second-order valence-corrected chi connectivity index (χ2v) is 6.10. The van der Waals surface area contributed by atoms with Crippen molar-refractivity contribution < 1.29 is 4.79 Å². The van der Waals surface area contributed by atoms with E-state index in [4.69, 9.17) is 0 Å². The van der Waals surface area contributed by atoms with Crippen LogP contribution in [0.4, 0.5) is 11.4 Å². The predicted octanol–water partition coefficient (Wildman–Crippen LogP) is 3.22. The van der Waals surface area contributed by atoms with E-state index in [-0.39, 0.29) is 5.91 Å². The lowest BCUT2D eigenvalue weighted by atomic mass is 10.2. The number of thiazole rings is 1. The molecule has 4 nitrogen and oxygen atoms in total. The Kier molecular flexibility index (Phi) is 3.44. The highest BCUT2D eigenvalue weighted by Gasteiger charge is 2.25. The van der Waals surface area contributed by atoms with Crippen LogP contribution < -0.4 is 10.2 Å². The van der Waals surface area contributed by atoms with Gasteiger partial charge in [0.25, 0.3) is 5.91 Å². The number of carbonyl (C=O) groups is 1. The predicted molar refractivity (Wildman–Crippen MR) is 82.8 cm³/mol. The fraction of sp³-hybridized carbons (Fsp3) is 0.333. The van der Waals surface area contributed by atoms with E-state index in [9.17, 15) is 4.79 Å². The summed E-state index contributed by atoms with van der Waals surface area (Å²) >= 11 is 1.47. The fourth-order valence-electron chi connectivity index (χ4n) is 2.50. The third-order valence-electron chi connectivity index (χ3n) is 3.41. The normalized spacial score (nSPS) is 14.4. The lowest BCUT2D eigenvalue weighted by Gasteiger charge is -2.21. The number of nitrogens with one attached hydrogen (secondary N) is 1. The van der Waals surface area contributed by atoms with Gasteiger partial charge in [0.2, 0.25) is 0 Å². The molecule has 0 atom stereocenters.